The van der Waals surface area contributed by atoms with E-state index in [0.29, 0.717) is 11.3 Å². The van der Waals surface area contributed by atoms with Crippen LogP contribution in [0.1, 0.15) is 35.7 Å². The van der Waals surface area contributed by atoms with Gasteiger partial charge in [-0.1, -0.05) is 19.1 Å². The zero-order valence-corrected chi connectivity index (χ0v) is 11.4. The number of methoxy groups -OCH3 is 1. The molecule has 0 atom stereocenters. The second-order valence-corrected chi connectivity index (χ2v) is 5.13. The van der Waals surface area contributed by atoms with Gasteiger partial charge in [-0.15, -0.1) is 0 Å². The van der Waals surface area contributed by atoms with E-state index in [-0.39, 0.29) is 5.91 Å². The minimum Gasteiger partial charge on any atom is -0.496 e. The van der Waals surface area contributed by atoms with Gasteiger partial charge >= 0.3 is 0 Å². The molecule has 98 valence electrons. The van der Waals surface area contributed by atoms with Crippen LogP contribution in [0.5, 0.6) is 5.75 Å². The van der Waals surface area contributed by atoms with Crippen molar-refractivity contribution in [3.8, 4) is 5.75 Å². The highest BCUT2D eigenvalue weighted by molar-refractivity contribution is 5.97. The first kappa shape index (κ1) is 12.9. The molecular formula is C15H21NO2. The molecule has 3 heteroatoms. The number of rotatable bonds is 2. The summed E-state index contributed by atoms with van der Waals surface area (Å²) in [6.07, 6.45) is 2.19. The van der Waals surface area contributed by atoms with Crippen molar-refractivity contribution in [2.75, 3.05) is 20.2 Å². The Balaban J connectivity index is 2.21. The smallest absolute Gasteiger partial charge is 0.257 e. The quantitative estimate of drug-likeness (QED) is 0.804. The fraction of sp³-hybridized carbons (Fsp3) is 0.533. The number of amides is 1. The summed E-state index contributed by atoms with van der Waals surface area (Å²) in [5, 5.41) is 0. The van der Waals surface area contributed by atoms with Gasteiger partial charge in [0.15, 0.2) is 0 Å². The molecule has 0 N–H and O–H groups in total. The molecule has 1 amide bonds. The molecule has 1 aliphatic rings. The van der Waals surface area contributed by atoms with E-state index in [1.165, 1.54) is 0 Å². The Hall–Kier alpha value is -1.51. The van der Waals surface area contributed by atoms with E-state index in [1.807, 2.05) is 30.0 Å². The Kier molecular flexibility index (Phi) is 3.90. The predicted octanol–water partition coefficient (Wildman–Crippen LogP) is 2.88. The van der Waals surface area contributed by atoms with Gasteiger partial charge in [-0.25, -0.2) is 0 Å². The van der Waals surface area contributed by atoms with Crippen molar-refractivity contribution in [3.63, 3.8) is 0 Å². The van der Waals surface area contributed by atoms with E-state index in [9.17, 15) is 4.79 Å². The molecule has 3 nitrogen and oxygen atoms in total. The average molecular weight is 247 g/mol. The summed E-state index contributed by atoms with van der Waals surface area (Å²) >= 11 is 0. The maximum absolute atomic E-state index is 12.5. The van der Waals surface area contributed by atoms with Crippen molar-refractivity contribution in [1.82, 2.24) is 4.90 Å². The number of hydrogen-bond donors (Lipinski definition) is 0. The molecule has 0 aromatic heterocycles. The van der Waals surface area contributed by atoms with Gasteiger partial charge in [-0.3, -0.25) is 4.79 Å². The normalized spacial score (nSPS) is 16.7. The minimum absolute atomic E-state index is 0.0995. The van der Waals surface area contributed by atoms with Crippen LogP contribution in [0.2, 0.25) is 0 Å². The largest absolute Gasteiger partial charge is 0.496 e. The summed E-state index contributed by atoms with van der Waals surface area (Å²) in [6, 6.07) is 5.73. The third-order valence-electron chi connectivity index (χ3n) is 3.72. The molecule has 1 aromatic carbocycles. The van der Waals surface area contributed by atoms with E-state index in [2.05, 4.69) is 6.92 Å². The van der Waals surface area contributed by atoms with Crippen molar-refractivity contribution < 1.29 is 9.53 Å². The Morgan fingerprint density at radius 1 is 1.33 bits per heavy atom. The predicted molar refractivity (Wildman–Crippen MR) is 72.0 cm³/mol. The monoisotopic (exact) mass is 247 g/mol. The lowest BCUT2D eigenvalue weighted by atomic mass is 9.98. The highest BCUT2D eigenvalue weighted by Crippen LogP contribution is 2.26. The van der Waals surface area contributed by atoms with Crippen LogP contribution in [0.3, 0.4) is 0 Å². The molecule has 0 bridgehead atoms. The second kappa shape index (κ2) is 5.42. The van der Waals surface area contributed by atoms with E-state index in [1.54, 1.807) is 7.11 Å². The van der Waals surface area contributed by atoms with Crippen LogP contribution < -0.4 is 4.74 Å². The van der Waals surface area contributed by atoms with Crippen LogP contribution >= 0.6 is 0 Å². The number of benzene rings is 1. The average Bonchev–Trinajstić information content (AvgIpc) is 2.38. The van der Waals surface area contributed by atoms with Gasteiger partial charge in [0.1, 0.15) is 5.75 Å². The van der Waals surface area contributed by atoms with Crippen LogP contribution in [0, 0.1) is 12.8 Å². The summed E-state index contributed by atoms with van der Waals surface area (Å²) in [6.45, 7) is 5.93. The number of para-hydroxylation sites is 1. The molecule has 1 saturated heterocycles. The third-order valence-corrected chi connectivity index (χ3v) is 3.72. The molecule has 0 radical (unpaired) electrons. The molecule has 2 rings (SSSR count). The molecule has 0 aliphatic carbocycles. The Morgan fingerprint density at radius 3 is 2.61 bits per heavy atom. The molecule has 1 aromatic rings. The Morgan fingerprint density at radius 2 is 2.00 bits per heavy atom. The van der Waals surface area contributed by atoms with Gasteiger partial charge in [0.05, 0.1) is 12.7 Å². The fourth-order valence-electron chi connectivity index (χ4n) is 2.47. The highest BCUT2D eigenvalue weighted by atomic mass is 16.5. The van der Waals surface area contributed by atoms with Crippen LogP contribution in [-0.4, -0.2) is 31.0 Å². The van der Waals surface area contributed by atoms with Crippen molar-refractivity contribution in [2.24, 2.45) is 5.92 Å². The molecule has 1 aliphatic heterocycles. The molecule has 0 unspecified atom stereocenters. The Labute approximate surface area is 109 Å². The summed E-state index contributed by atoms with van der Waals surface area (Å²) in [4.78, 5) is 14.4. The maximum atomic E-state index is 12.5. The van der Waals surface area contributed by atoms with Crippen molar-refractivity contribution in [3.05, 3.63) is 29.3 Å². The fourth-order valence-corrected chi connectivity index (χ4v) is 2.47. The van der Waals surface area contributed by atoms with Crippen LogP contribution in [0.15, 0.2) is 18.2 Å². The topological polar surface area (TPSA) is 29.5 Å². The summed E-state index contributed by atoms with van der Waals surface area (Å²) in [5.41, 5.74) is 1.70. The zero-order chi connectivity index (χ0) is 13.1. The van der Waals surface area contributed by atoms with Gasteiger partial charge in [-0.05, 0) is 37.3 Å². The number of nitrogens with zero attached hydrogens (tertiary/aromatic N) is 1. The van der Waals surface area contributed by atoms with Gasteiger partial charge in [0.2, 0.25) is 0 Å². The maximum Gasteiger partial charge on any atom is 0.257 e. The van der Waals surface area contributed by atoms with Crippen LogP contribution in [0.25, 0.3) is 0 Å². The number of ether oxygens (including phenoxy) is 1. The minimum atomic E-state index is 0.0995. The molecule has 0 saturated carbocycles. The molecule has 1 heterocycles. The number of piperidine rings is 1. The van der Waals surface area contributed by atoms with Crippen LogP contribution in [-0.2, 0) is 0 Å². The molecule has 18 heavy (non-hydrogen) atoms. The molecular weight excluding hydrogens is 226 g/mol. The number of aryl methyl sites for hydroxylation is 1. The van der Waals surface area contributed by atoms with E-state index >= 15 is 0 Å². The van der Waals surface area contributed by atoms with Crippen molar-refractivity contribution in [1.29, 1.82) is 0 Å². The summed E-state index contributed by atoms with van der Waals surface area (Å²) < 4.78 is 5.36. The summed E-state index contributed by atoms with van der Waals surface area (Å²) in [7, 11) is 1.62. The first-order chi connectivity index (χ1) is 8.63. The van der Waals surface area contributed by atoms with E-state index < -0.39 is 0 Å². The number of hydrogen-bond acceptors (Lipinski definition) is 2. The van der Waals surface area contributed by atoms with E-state index in [4.69, 9.17) is 4.74 Å². The third kappa shape index (κ3) is 2.50. The van der Waals surface area contributed by atoms with Crippen molar-refractivity contribution >= 4 is 5.91 Å². The Bertz CT molecular complexity index is 434. The van der Waals surface area contributed by atoms with E-state index in [0.717, 1.165) is 37.4 Å². The van der Waals surface area contributed by atoms with Gasteiger partial charge in [-0.2, -0.15) is 0 Å². The molecule has 1 fully saturated rings. The number of carbonyl (C=O) groups excluding carboxylic acids is 1. The lowest BCUT2D eigenvalue weighted by molar-refractivity contribution is 0.0693. The lowest BCUT2D eigenvalue weighted by Gasteiger charge is -2.30. The van der Waals surface area contributed by atoms with Crippen LogP contribution in [0.4, 0.5) is 0 Å². The number of carbonyl (C=O) groups is 1. The summed E-state index contributed by atoms with van der Waals surface area (Å²) in [5.74, 6) is 1.54. The lowest BCUT2D eigenvalue weighted by Crippen LogP contribution is -2.38. The van der Waals surface area contributed by atoms with Crippen molar-refractivity contribution in [2.45, 2.75) is 26.7 Å². The number of likely N-dealkylation sites (tertiary alicyclic amines) is 1. The van der Waals surface area contributed by atoms with Gasteiger partial charge < -0.3 is 9.64 Å². The standard InChI is InChI=1S/C15H21NO2/c1-11-7-9-16(10-8-11)15(17)13-6-4-5-12(2)14(13)18-3/h4-6,11H,7-10H2,1-3H3. The highest BCUT2D eigenvalue weighted by Gasteiger charge is 2.24. The first-order valence-electron chi connectivity index (χ1n) is 6.56. The zero-order valence-electron chi connectivity index (χ0n) is 11.4. The SMILES string of the molecule is COc1c(C)cccc1C(=O)N1CCC(C)CC1. The van der Waals surface area contributed by atoms with Gasteiger partial charge in [0.25, 0.3) is 5.91 Å². The second-order valence-electron chi connectivity index (χ2n) is 5.13. The first-order valence-corrected chi connectivity index (χ1v) is 6.56. The van der Waals surface area contributed by atoms with Gasteiger partial charge in [0, 0.05) is 13.1 Å². The molecule has 0 spiro atoms.